The number of hydrogen-bond donors (Lipinski definition) is 1. The first-order chi connectivity index (χ1) is 10.9. The van der Waals surface area contributed by atoms with Gasteiger partial charge in [-0.25, -0.2) is 8.42 Å². The number of nitrogens with one attached hydrogen (secondary N) is 1. The summed E-state index contributed by atoms with van der Waals surface area (Å²) in [7, 11) is 0.597. The van der Waals surface area contributed by atoms with E-state index in [2.05, 4.69) is 20.3 Å². The highest BCUT2D eigenvalue weighted by molar-refractivity contribution is 14.0. The molecule has 0 aliphatic carbocycles. The smallest absolute Gasteiger partial charge is 0.193 e. The third-order valence-electron chi connectivity index (χ3n) is 3.81. The molecule has 0 bridgehead atoms. The summed E-state index contributed by atoms with van der Waals surface area (Å²) in [4.78, 5) is 6.33. The van der Waals surface area contributed by atoms with Crippen LogP contribution in [-0.4, -0.2) is 73.9 Å². The standard InChI is InChI=1S/C14H25N5O3S.HI/c1-4-23(20,21)8-5-16-14(15-2)19-6-7-22-13(11-19)12-9-17-18(3)10-12;/h9-10,13H,4-8,11H2,1-3H3,(H,15,16);1H. The highest BCUT2D eigenvalue weighted by Gasteiger charge is 2.25. The lowest BCUT2D eigenvalue weighted by Gasteiger charge is -2.34. The maximum absolute atomic E-state index is 11.6. The number of guanidine groups is 1. The van der Waals surface area contributed by atoms with Gasteiger partial charge in [0.25, 0.3) is 0 Å². The Balaban J connectivity index is 0.00000288. The molecule has 2 heterocycles. The first kappa shape index (κ1) is 21.2. The highest BCUT2D eigenvalue weighted by atomic mass is 127. The average molecular weight is 471 g/mol. The van der Waals surface area contributed by atoms with Gasteiger partial charge >= 0.3 is 0 Å². The molecule has 0 amide bonds. The minimum absolute atomic E-state index is 0. The van der Waals surface area contributed by atoms with Crippen LogP contribution in [0, 0.1) is 0 Å². The number of rotatable bonds is 5. The van der Waals surface area contributed by atoms with Crippen LogP contribution in [0.5, 0.6) is 0 Å². The third-order valence-corrected chi connectivity index (χ3v) is 5.52. The monoisotopic (exact) mass is 471 g/mol. The van der Waals surface area contributed by atoms with Crippen molar-refractivity contribution in [3.63, 3.8) is 0 Å². The van der Waals surface area contributed by atoms with E-state index in [0.717, 1.165) is 12.1 Å². The van der Waals surface area contributed by atoms with Gasteiger partial charge in [0.2, 0.25) is 0 Å². The first-order valence-electron chi connectivity index (χ1n) is 7.71. The molecule has 1 N–H and O–H groups in total. The van der Waals surface area contributed by atoms with Crippen LogP contribution in [0.2, 0.25) is 0 Å². The predicted octanol–water partition coefficient (Wildman–Crippen LogP) is 0.422. The van der Waals surface area contributed by atoms with Crippen LogP contribution in [-0.2, 0) is 21.6 Å². The SMILES string of the molecule is CCS(=O)(=O)CCNC(=NC)N1CCOC(c2cnn(C)c2)C1.I. The van der Waals surface area contributed by atoms with Gasteiger partial charge in [-0.2, -0.15) is 5.10 Å². The molecule has 2 rings (SSSR count). The summed E-state index contributed by atoms with van der Waals surface area (Å²) in [6, 6.07) is 0. The average Bonchev–Trinajstić information content (AvgIpc) is 2.98. The van der Waals surface area contributed by atoms with Crippen LogP contribution in [0.15, 0.2) is 17.4 Å². The van der Waals surface area contributed by atoms with Gasteiger partial charge in [0, 0.05) is 44.7 Å². The highest BCUT2D eigenvalue weighted by Crippen LogP contribution is 2.21. The van der Waals surface area contributed by atoms with Gasteiger partial charge in [-0.1, -0.05) is 6.92 Å². The van der Waals surface area contributed by atoms with Crippen molar-refractivity contribution in [3.05, 3.63) is 18.0 Å². The van der Waals surface area contributed by atoms with Crippen LogP contribution >= 0.6 is 24.0 Å². The van der Waals surface area contributed by atoms with Crippen molar-refractivity contribution in [2.75, 3.05) is 44.8 Å². The molecule has 10 heteroatoms. The van der Waals surface area contributed by atoms with Crippen LogP contribution in [0.1, 0.15) is 18.6 Å². The second-order valence-corrected chi connectivity index (χ2v) is 7.94. The van der Waals surface area contributed by atoms with Crippen LogP contribution in [0.25, 0.3) is 0 Å². The van der Waals surface area contributed by atoms with Crippen LogP contribution in [0.3, 0.4) is 0 Å². The summed E-state index contributed by atoms with van der Waals surface area (Å²) in [5.41, 5.74) is 1.03. The largest absolute Gasteiger partial charge is 0.370 e. The minimum Gasteiger partial charge on any atom is -0.370 e. The van der Waals surface area contributed by atoms with Gasteiger partial charge in [-0.05, 0) is 0 Å². The quantitative estimate of drug-likeness (QED) is 0.381. The molecule has 0 radical (unpaired) electrons. The summed E-state index contributed by atoms with van der Waals surface area (Å²) in [6.07, 6.45) is 3.69. The Labute approximate surface area is 160 Å². The Morgan fingerprint density at radius 1 is 1.54 bits per heavy atom. The van der Waals surface area contributed by atoms with E-state index in [1.165, 1.54) is 0 Å². The second kappa shape index (κ2) is 9.56. The molecule has 1 aromatic rings. The number of halogens is 1. The molecule has 1 fully saturated rings. The summed E-state index contributed by atoms with van der Waals surface area (Å²) >= 11 is 0. The van der Waals surface area contributed by atoms with E-state index in [-0.39, 0.29) is 41.6 Å². The Morgan fingerprint density at radius 2 is 2.29 bits per heavy atom. The Bertz CT molecular complexity index is 647. The van der Waals surface area contributed by atoms with Gasteiger partial charge in [0.05, 0.1) is 25.1 Å². The fourth-order valence-electron chi connectivity index (χ4n) is 2.44. The fraction of sp³-hybridized carbons (Fsp3) is 0.714. The van der Waals surface area contributed by atoms with E-state index in [1.54, 1.807) is 24.9 Å². The molecular formula is C14H26IN5O3S. The number of aromatic nitrogens is 2. The number of nitrogens with zero attached hydrogens (tertiary/aromatic N) is 4. The lowest BCUT2D eigenvalue weighted by molar-refractivity contribution is -0.00798. The topological polar surface area (TPSA) is 88.8 Å². The molecular weight excluding hydrogens is 445 g/mol. The van der Waals surface area contributed by atoms with Gasteiger partial charge in [-0.3, -0.25) is 9.67 Å². The third kappa shape index (κ3) is 5.88. The predicted molar refractivity (Wildman–Crippen MR) is 105 cm³/mol. The van der Waals surface area contributed by atoms with Gasteiger partial charge < -0.3 is 15.0 Å². The molecule has 1 saturated heterocycles. The molecule has 1 aliphatic rings. The molecule has 1 aliphatic heterocycles. The van der Waals surface area contributed by atoms with Crippen molar-refractivity contribution in [2.24, 2.45) is 12.0 Å². The Morgan fingerprint density at radius 3 is 2.88 bits per heavy atom. The zero-order chi connectivity index (χ0) is 16.9. The van der Waals surface area contributed by atoms with E-state index >= 15 is 0 Å². The first-order valence-corrected chi connectivity index (χ1v) is 9.53. The Kier molecular flexibility index (Phi) is 8.43. The lowest BCUT2D eigenvalue weighted by Crippen LogP contribution is -2.49. The van der Waals surface area contributed by atoms with E-state index in [9.17, 15) is 8.42 Å². The molecule has 1 aromatic heterocycles. The number of hydrogen-bond acceptors (Lipinski definition) is 5. The van der Waals surface area contributed by atoms with E-state index < -0.39 is 9.84 Å². The lowest BCUT2D eigenvalue weighted by atomic mass is 10.1. The number of aryl methyl sites for hydroxylation is 1. The zero-order valence-electron chi connectivity index (χ0n) is 14.3. The van der Waals surface area contributed by atoms with Gasteiger partial charge in [-0.15, -0.1) is 24.0 Å². The van der Waals surface area contributed by atoms with E-state index in [1.807, 2.05) is 13.2 Å². The molecule has 8 nitrogen and oxygen atoms in total. The molecule has 138 valence electrons. The summed E-state index contributed by atoms with van der Waals surface area (Å²) < 4.78 is 30.7. The maximum atomic E-state index is 11.6. The second-order valence-electron chi connectivity index (χ2n) is 5.46. The van der Waals surface area contributed by atoms with Crippen molar-refractivity contribution in [1.29, 1.82) is 0 Å². The number of morpholine rings is 1. The molecule has 0 aromatic carbocycles. The Hall–Kier alpha value is -0.880. The van der Waals surface area contributed by atoms with E-state index in [4.69, 9.17) is 4.74 Å². The maximum Gasteiger partial charge on any atom is 0.193 e. The summed E-state index contributed by atoms with van der Waals surface area (Å²) in [6.45, 7) is 3.98. The number of sulfone groups is 1. The summed E-state index contributed by atoms with van der Waals surface area (Å²) in [5.74, 6) is 0.973. The molecule has 1 atom stereocenters. The molecule has 0 saturated carbocycles. The normalized spacial score (nSPS) is 19.0. The molecule has 1 unspecified atom stereocenters. The fourth-order valence-corrected chi connectivity index (χ4v) is 3.15. The zero-order valence-corrected chi connectivity index (χ0v) is 17.5. The van der Waals surface area contributed by atoms with Crippen molar-refractivity contribution in [1.82, 2.24) is 20.0 Å². The number of aliphatic imine (C=N–C) groups is 1. The van der Waals surface area contributed by atoms with Crippen molar-refractivity contribution in [3.8, 4) is 0 Å². The van der Waals surface area contributed by atoms with Crippen LogP contribution in [0.4, 0.5) is 0 Å². The van der Waals surface area contributed by atoms with E-state index in [0.29, 0.717) is 25.7 Å². The minimum atomic E-state index is -2.98. The van der Waals surface area contributed by atoms with Gasteiger partial charge in [0.15, 0.2) is 15.8 Å². The van der Waals surface area contributed by atoms with Crippen molar-refractivity contribution < 1.29 is 13.2 Å². The van der Waals surface area contributed by atoms with Crippen molar-refractivity contribution in [2.45, 2.75) is 13.0 Å². The van der Waals surface area contributed by atoms with Crippen molar-refractivity contribution >= 4 is 39.8 Å². The van der Waals surface area contributed by atoms with Crippen LogP contribution < -0.4 is 5.32 Å². The number of ether oxygens (including phenoxy) is 1. The van der Waals surface area contributed by atoms with Gasteiger partial charge in [0.1, 0.15) is 6.10 Å². The summed E-state index contributed by atoms with van der Waals surface area (Å²) in [5, 5.41) is 7.30. The molecule has 0 spiro atoms. The molecule has 24 heavy (non-hydrogen) atoms.